The Labute approximate surface area is 60.7 Å². The van der Waals surface area contributed by atoms with Crippen LogP contribution in [0, 0.1) is 0 Å². The van der Waals surface area contributed by atoms with Gasteiger partial charge in [0.1, 0.15) is 0 Å². The molecule has 0 bridgehead atoms. The Hall–Kier alpha value is -0.830. The van der Waals surface area contributed by atoms with Crippen molar-refractivity contribution in [2.24, 2.45) is 0 Å². The van der Waals surface area contributed by atoms with Crippen molar-refractivity contribution in [2.45, 2.75) is 13.3 Å². The zero-order chi connectivity index (χ0) is 7.98. The van der Waals surface area contributed by atoms with Crippen molar-refractivity contribution >= 4 is 5.97 Å². The van der Waals surface area contributed by atoms with Crippen molar-refractivity contribution in [2.75, 3.05) is 13.1 Å². The molecular weight excluding hydrogens is 130 g/mol. The number of hydrogen-bond donors (Lipinski definition) is 2. The van der Waals surface area contributed by atoms with Crippen molar-refractivity contribution in [3.8, 4) is 0 Å². The van der Waals surface area contributed by atoms with Gasteiger partial charge in [-0.3, -0.25) is 0 Å². The van der Waals surface area contributed by atoms with Crippen molar-refractivity contribution in [3.63, 3.8) is 0 Å². The Morgan fingerprint density at radius 1 is 1.70 bits per heavy atom. The molecule has 0 aromatic carbocycles. The summed E-state index contributed by atoms with van der Waals surface area (Å²) in [6.45, 7) is 6.93. The highest BCUT2D eigenvalue weighted by molar-refractivity contribution is 5.85. The number of nitrogens with one attached hydrogen (secondary N) is 1. The van der Waals surface area contributed by atoms with Gasteiger partial charge in [-0.1, -0.05) is 13.5 Å². The zero-order valence-electron chi connectivity index (χ0n) is 6.18. The third-order valence-electron chi connectivity index (χ3n) is 1.16. The highest BCUT2D eigenvalue weighted by Crippen LogP contribution is 1.94. The van der Waals surface area contributed by atoms with Gasteiger partial charge in [0.05, 0.1) is 0 Å². The number of rotatable bonds is 5. The highest BCUT2D eigenvalue weighted by atomic mass is 16.4. The van der Waals surface area contributed by atoms with Gasteiger partial charge >= 0.3 is 5.97 Å². The molecule has 0 aliphatic heterocycles. The molecule has 0 aromatic rings. The van der Waals surface area contributed by atoms with Gasteiger partial charge in [-0.15, -0.1) is 0 Å². The van der Waals surface area contributed by atoms with E-state index in [0.29, 0.717) is 13.0 Å². The van der Waals surface area contributed by atoms with Crippen molar-refractivity contribution in [1.82, 2.24) is 5.32 Å². The zero-order valence-corrected chi connectivity index (χ0v) is 6.18. The van der Waals surface area contributed by atoms with E-state index in [-0.39, 0.29) is 5.57 Å². The second-order valence-corrected chi connectivity index (χ2v) is 2.01. The minimum absolute atomic E-state index is 0.265. The molecule has 0 heterocycles. The summed E-state index contributed by atoms with van der Waals surface area (Å²) in [6.07, 6.45) is 0.517. The molecule has 3 nitrogen and oxygen atoms in total. The normalized spacial score (nSPS) is 9.30. The Balaban J connectivity index is 3.31. The summed E-state index contributed by atoms with van der Waals surface area (Å²) >= 11 is 0. The third kappa shape index (κ3) is 4.09. The lowest BCUT2D eigenvalue weighted by Crippen LogP contribution is -2.16. The average molecular weight is 143 g/mol. The maximum Gasteiger partial charge on any atom is 0.330 e. The van der Waals surface area contributed by atoms with Gasteiger partial charge in [0.2, 0.25) is 0 Å². The molecule has 0 unspecified atom stereocenters. The first-order valence-electron chi connectivity index (χ1n) is 3.30. The van der Waals surface area contributed by atoms with Gasteiger partial charge in [0.15, 0.2) is 0 Å². The largest absolute Gasteiger partial charge is 0.478 e. The average Bonchev–Trinajstić information content (AvgIpc) is 1.88. The summed E-state index contributed by atoms with van der Waals surface area (Å²) in [7, 11) is 0. The van der Waals surface area contributed by atoms with E-state index in [1.165, 1.54) is 0 Å². The molecule has 2 N–H and O–H groups in total. The maximum atomic E-state index is 10.2. The Morgan fingerprint density at radius 3 is 2.70 bits per heavy atom. The number of aliphatic carboxylic acids is 1. The number of carboxylic acid groups (broad SMARTS) is 1. The van der Waals surface area contributed by atoms with Crippen LogP contribution in [0.4, 0.5) is 0 Å². The molecule has 0 fully saturated rings. The van der Waals surface area contributed by atoms with E-state index in [1.807, 2.05) is 6.92 Å². The number of hydrogen-bond acceptors (Lipinski definition) is 2. The smallest absolute Gasteiger partial charge is 0.330 e. The van der Waals surface area contributed by atoms with E-state index in [2.05, 4.69) is 11.9 Å². The van der Waals surface area contributed by atoms with E-state index >= 15 is 0 Å². The molecule has 0 radical (unpaired) electrons. The van der Waals surface area contributed by atoms with Gasteiger partial charge in [-0.05, 0) is 19.5 Å². The standard InChI is InChI=1S/C7H13NO2/c1-3-8-5-4-6(2)7(9)10/h8H,2-5H2,1H3,(H,9,10). The van der Waals surface area contributed by atoms with Crippen LogP contribution in [0.25, 0.3) is 0 Å². The third-order valence-corrected chi connectivity index (χ3v) is 1.16. The molecule has 0 aromatic heterocycles. The molecule has 0 saturated carbocycles. The van der Waals surface area contributed by atoms with E-state index in [0.717, 1.165) is 6.54 Å². The fraction of sp³-hybridized carbons (Fsp3) is 0.571. The summed E-state index contributed by atoms with van der Waals surface area (Å²) in [5.74, 6) is -0.905. The van der Waals surface area contributed by atoms with Crippen molar-refractivity contribution in [3.05, 3.63) is 12.2 Å². The molecular formula is C7H13NO2. The van der Waals surface area contributed by atoms with Crippen LogP contribution in [-0.4, -0.2) is 24.2 Å². The van der Waals surface area contributed by atoms with Crippen molar-refractivity contribution < 1.29 is 9.90 Å². The first-order chi connectivity index (χ1) is 4.68. The molecule has 3 heteroatoms. The predicted molar refractivity (Wildman–Crippen MR) is 39.9 cm³/mol. The van der Waals surface area contributed by atoms with Crippen LogP contribution in [0.15, 0.2) is 12.2 Å². The van der Waals surface area contributed by atoms with Gasteiger partial charge < -0.3 is 10.4 Å². The first kappa shape index (κ1) is 9.17. The summed E-state index contributed by atoms with van der Waals surface area (Å²) in [5.41, 5.74) is 0.265. The number of carboxylic acids is 1. The minimum atomic E-state index is -0.905. The SMILES string of the molecule is C=C(CCNCC)C(=O)O. The van der Waals surface area contributed by atoms with E-state index in [1.54, 1.807) is 0 Å². The lowest BCUT2D eigenvalue weighted by Gasteiger charge is -1.99. The van der Waals surface area contributed by atoms with Crippen LogP contribution < -0.4 is 5.32 Å². The molecule has 58 valence electrons. The minimum Gasteiger partial charge on any atom is -0.478 e. The quantitative estimate of drug-likeness (QED) is 0.438. The highest BCUT2D eigenvalue weighted by Gasteiger charge is 2.00. The topological polar surface area (TPSA) is 49.3 Å². The van der Waals surface area contributed by atoms with Crippen LogP contribution in [0.5, 0.6) is 0 Å². The second-order valence-electron chi connectivity index (χ2n) is 2.01. The van der Waals surface area contributed by atoms with Gasteiger partial charge in [0.25, 0.3) is 0 Å². The fourth-order valence-electron chi connectivity index (χ4n) is 0.523. The first-order valence-corrected chi connectivity index (χ1v) is 3.30. The molecule has 0 aliphatic rings. The maximum absolute atomic E-state index is 10.2. The van der Waals surface area contributed by atoms with Gasteiger partial charge in [0, 0.05) is 5.57 Å². The summed E-state index contributed by atoms with van der Waals surface area (Å²) in [5, 5.41) is 11.4. The van der Waals surface area contributed by atoms with Crippen LogP contribution >= 0.6 is 0 Å². The van der Waals surface area contributed by atoms with Crippen molar-refractivity contribution in [1.29, 1.82) is 0 Å². The molecule has 0 atom stereocenters. The summed E-state index contributed by atoms with van der Waals surface area (Å²) in [6, 6.07) is 0. The molecule has 10 heavy (non-hydrogen) atoms. The van der Waals surface area contributed by atoms with E-state index in [9.17, 15) is 4.79 Å². The lowest BCUT2D eigenvalue weighted by atomic mass is 10.2. The van der Waals surface area contributed by atoms with Gasteiger partial charge in [-0.2, -0.15) is 0 Å². The Kier molecular flexibility index (Phi) is 4.58. The van der Waals surface area contributed by atoms with Gasteiger partial charge in [-0.25, -0.2) is 4.79 Å². The molecule has 0 amide bonds. The predicted octanol–water partition coefficient (Wildman–Crippen LogP) is 0.627. The summed E-state index contributed by atoms with van der Waals surface area (Å²) in [4.78, 5) is 10.2. The fourth-order valence-corrected chi connectivity index (χ4v) is 0.523. The monoisotopic (exact) mass is 143 g/mol. The Morgan fingerprint density at radius 2 is 2.30 bits per heavy atom. The van der Waals surface area contributed by atoms with E-state index < -0.39 is 5.97 Å². The second kappa shape index (κ2) is 4.99. The summed E-state index contributed by atoms with van der Waals surface area (Å²) < 4.78 is 0. The van der Waals surface area contributed by atoms with Crippen LogP contribution in [-0.2, 0) is 4.79 Å². The Bertz CT molecular complexity index is 132. The molecule has 0 rings (SSSR count). The van der Waals surface area contributed by atoms with Crippen LogP contribution in [0.1, 0.15) is 13.3 Å². The lowest BCUT2D eigenvalue weighted by molar-refractivity contribution is -0.132. The number of carbonyl (C=O) groups is 1. The molecule has 0 saturated heterocycles. The van der Waals surface area contributed by atoms with Crippen LogP contribution in [0.2, 0.25) is 0 Å². The van der Waals surface area contributed by atoms with E-state index in [4.69, 9.17) is 5.11 Å². The molecule has 0 spiro atoms. The molecule has 0 aliphatic carbocycles. The van der Waals surface area contributed by atoms with Crippen LogP contribution in [0.3, 0.4) is 0 Å².